The van der Waals surface area contributed by atoms with Crippen LogP contribution in [0.15, 0.2) is 48.5 Å². The van der Waals surface area contributed by atoms with Crippen molar-refractivity contribution in [2.75, 3.05) is 35.1 Å². The first-order valence-corrected chi connectivity index (χ1v) is 11.8. The standard InChI is InChI=1S/C23H27N3O6S/c1-23(2,3)25-20(27)12-26(17-7-5-4-6-8-17)22(29)14-33(30)13-21(28)24-16-9-10-18-19(11-16)32-15-31-18/h4-11H,12-15H2,1-3H3,(H,24,28)(H,25,27). The summed E-state index contributed by atoms with van der Waals surface area (Å²) in [5, 5.41) is 5.45. The first-order valence-electron chi connectivity index (χ1n) is 10.3. The second kappa shape index (κ2) is 10.5. The van der Waals surface area contributed by atoms with Crippen LogP contribution in [0, 0.1) is 0 Å². The summed E-state index contributed by atoms with van der Waals surface area (Å²) < 4.78 is 23.0. The van der Waals surface area contributed by atoms with Crippen LogP contribution in [-0.4, -0.2) is 52.3 Å². The number of amides is 3. The SMILES string of the molecule is CC(C)(C)NC(=O)CN(C(=O)CS(=O)CC(=O)Nc1ccc2c(c1)OCO2)c1ccccc1. The fourth-order valence-electron chi connectivity index (χ4n) is 3.12. The maximum Gasteiger partial charge on any atom is 0.240 e. The van der Waals surface area contributed by atoms with Gasteiger partial charge in [-0.1, -0.05) is 18.2 Å². The number of carbonyl (C=O) groups excluding carboxylic acids is 3. The molecule has 0 bridgehead atoms. The quantitative estimate of drug-likeness (QED) is 0.607. The van der Waals surface area contributed by atoms with Gasteiger partial charge in [-0.15, -0.1) is 0 Å². The topological polar surface area (TPSA) is 114 Å². The third-order valence-electron chi connectivity index (χ3n) is 4.42. The van der Waals surface area contributed by atoms with Crippen LogP contribution in [-0.2, 0) is 25.2 Å². The highest BCUT2D eigenvalue weighted by molar-refractivity contribution is 7.86. The second-order valence-corrected chi connectivity index (χ2v) is 9.92. The minimum atomic E-state index is -1.77. The van der Waals surface area contributed by atoms with Gasteiger partial charge in [0.25, 0.3) is 0 Å². The molecule has 33 heavy (non-hydrogen) atoms. The van der Waals surface area contributed by atoms with Crippen LogP contribution in [0.25, 0.3) is 0 Å². The third-order valence-corrected chi connectivity index (χ3v) is 5.57. The number of rotatable bonds is 8. The maximum atomic E-state index is 12.9. The zero-order valence-corrected chi connectivity index (χ0v) is 19.6. The van der Waals surface area contributed by atoms with Crippen molar-refractivity contribution < 1.29 is 28.1 Å². The minimum Gasteiger partial charge on any atom is -0.454 e. The van der Waals surface area contributed by atoms with E-state index in [-0.39, 0.29) is 25.0 Å². The van der Waals surface area contributed by atoms with E-state index in [0.29, 0.717) is 22.9 Å². The van der Waals surface area contributed by atoms with Crippen LogP contribution in [0.3, 0.4) is 0 Å². The highest BCUT2D eigenvalue weighted by Gasteiger charge is 2.24. The number of fused-ring (bicyclic) bond motifs is 1. The molecule has 10 heteroatoms. The molecular weight excluding hydrogens is 446 g/mol. The lowest BCUT2D eigenvalue weighted by molar-refractivity contribution is -0.124. The Morgan fingerprint density at radius 1 is 0.970 bits per heavy atom. The van der Waals surface area contributed by atoms with Crippen LogP contribution in [0.4, 0.5) is 11.4 Å². The van der Waals surface area contributed by atoms with Gasteiger partial charge in [0, 0.05) is 33.8 Å². The summed E-state index contributed by atoms with van der Waals surface area (Å²) >= 11 is 0. The Kier molecular flexibility index (Phi) is 7.70. The molecule has 0 aromatic heterocycles. The number of anilines is 2. The predicted molar refractivity (Wildman–Crippen MR) is 126 cm³/mol. The number of nitrogens with one attached hydrogen (secondary N) is 2. The predicted octanol–water partition coefficient (Wildman–Crippen LogP) is 2.05. The van der Waals surface area contributed by atoms with E-state index in [1.54, 1.807) is 48.5 Å². The largest absolute Gasteiger partial charge is 0.454 e. The van der Waals surface area contributed by atoms with Crippen molar-refractivity contribution in [2.24, 2.45) is 0 Å². The van der Waals surface area contributed by atoms with Crippen LogP contribution in [0.2, 0.25) is 0 Å². The Bertz CT molecular complexity index is 1050. The Labute approximate surface area is 194 Å². The number of benzene rings is 2. The van der Waals surface area contributed by atoms with Gasteiger partial charge in [0.05, 0.1) is 0 Å². The summed E-state index contributed by atoms with van der Waals surface area (Å²) in [5.74, 6) is -1.03. The fourth-order valence-corrected chi connectivity index (χ4v) is 4.01. The number of carbonyl (C=O) groups is 3. The van der Waals surface area contributed by atoms with Gasteiger partial charge in [-0.25, -0.2) is 0 Å². The molecule has 176 valence electrons. The van der Waals surface area contributed by atoms with Gasteiger partial charge in [0.2, 0.25) is 24.5 Å². The molecule has 0 aliphatic carbocycles. The number of nitrogens with zero attached hydrogens (tertiary/aromatic N) is 1. The van der Waals surface area contributed by atoms with Gasteiger partial charge in [0.15, 0.2) is 11.5 Å². The van der Waals surface area contributed by atoms with Gasteiger partial charge in [0.1, 0.15) is 18.1 Å². The van der Waals surface area contributed by atoms with Crippen molar-refractivity contribution in [2.45, 2.75) is 26.3 Å². The van der Waals surface area contributed by atoms with E-state index in [1.165, 1.54) is 4.90 Å². The molecule has 3 rings (SSSR count). The minimum absolute atomic E-state index is 0.116. The Morgan fingerprint density at radius 2 is 1.67 bits per heavy atom. The summed E-state index contributed by atoms with van der Waals surface area (Å²) in [6, 6.07) is 13.6. The van der Waals surface area contributed by atoms with Crippen molar-refractivity contribution in [3.05, 3.63) is 48.5 Å². The molecule has 1 unspecified atom stereocenters. The lowest BCUT2D eigenvalue weighted by Crippen LogP contribution is -2.48. The van der Waals surface area contributed by atoms with Crippen LogP contribution in [0.1, 0.15) is 20.8 Å². The molecule has 0 saturated heterocycles. The molecule has 1 aliphatic heterocycles. The molecule has 2 aromatic carbocycles. The first-order chi connectivity index (χ1) is 15.6. The normalized spacial score (nSPS) is 13.2. The zero-order chi connectivity index (χ0) is 24.0. The zero-order valence-electron chi connectivity index (χ0n) is 18.8. The Balaban J connectivity index is 1.60. The monoisotopic (exact) mass is 473 g/mol. The number of hydrogen-bond acceptors (Lipinski definition) is 6. The van der Waals surface area contributed by atoms with Crippen molar-refractivity contribution in [3.8, 4) is 11.5 Å². The van der Waals surface area contributed by atoms with E-state index in [1.807, 2.05) is 20.8 Å². The van der Waals surface area contributed by atoms with Gasteiger partial charge in [-0.3, -0.25) is 18.6 Å². The van der Waals surface area contributed by atoms with Crippen LogP contribution >= 0.6 is 0 Å². The molecule has 1 aliphatic rings. The van der Waals surface area contributed by atoms with E-state index < -0.39 is 33.9 Å². The highest BCUT2D eigenvalue weighted by atomic mass is 32.2. The Hall–Kier alpha value is -3.40. The maximum absolute atomic E-state index is 12.9. The van der Waals surface area contributed by atoms with Gasteiger partial charge in [-0.05, 0) is 45.0 Å². The summed E-state index contributed by atoms with van der Waals surface area (Å²) in [4.78, 5) is 38.9. The molecule has 0 fully saturated rings. The van der Waals surface area contributed by atoms with Crippen molar-refractivity contribution in [1.29, 1.82) is 0 Å². The molecule has 1 atom stereocenters. The molecular formula is C23H27N3O6S. The first kappa shape index (κ1) is 24.2. The average molecular weight is 474 g/mol. The number of ether oxygens (including phenoxy) is 2. The number of hydrogen-bond donors (Lipinski definition) is 2. The molecule has 0 spiro atoms. The van der Waals surface area contributed by atoms with Gasteiger partial charge < -0.3 is 25.0 Å². The molecule has 1 heterocycles. The van der Waals surface area contributed by atoms with Gasteiger partial charge in [-0.2, -0.15) is 0 Å². The molecule has 0 radical (unpaired) electrons. The van der Waals surface area contributed by atoms with Crippen molar-refractivity contribution in [3.63, 3.8) is 0 Å². The number of para-hydroxylation sites is 1. The van der Waals surface area contributed by atoms with Gasteiger partial charge >= 0.3 is 0 Å². The van der Waals surface area contributed by atoms with E-state index in [0.717, 1.165) is 0 Å². The third kappa shape index (κ3) is 7.31. The lowest BCUT2D eigenvalue weighted by Gasteiger charge is -2.26. The van der Waals surface area contributed by atoms with E-state index in [9.17, 15) is 18.6 Å². The lowest BCUT2D eigenvalue weighted by atomic mass is 10.1. The average Bonchev–Trinajstić information content (AvgIpc) is 3.19. The van der Waals surface area contributed by atoms with Crippen LogP contribution in [0.5, 0.6) is 11.5 Å². The molecule has 0 saturated carbocycles. The Morgan fingerprint density at radius 3 is 2.36 bits per heavy atom. The summed E-state index contributed by atoms with van der Waals surface area (Å²) in [5.41, 5.74) is 0.517. The van der Waals surface area contributed by atoms with E-state index >= 15 is 0 Å². The van der Waals surface area contributed by atoms with E-state index in [2.05, 4.69) is 10.6 Å². The summed E-state index contributed by atoms with van der Waals surface area (Å²) in [6.45, 7) is 5.42. The summed E-state index contributed by atoms with van der Waals surface area (Å²) in [7, 11) is -1.77. The highest BCUT2D eigenvalue weighted by Crippen LogP contribution is 2.34. The fraction of sp³-hybridized carbons (Fsp3) is 0.348. The van der Waals surface area contributed by atoms with Crippen LogP contribution < -0.4 is 25.0 Å². The molecule has 2 N–H and O–H groups in total. The molecule has 9 nitrogen and oxygen atoms in total. The van der Waals surface area contributed by atoms with Crippen molar-refractivity contribution >= 4 is 39.9 Å². The molecule has 2 aromatic rings. The molecule has 3 amide bonds. The summed E-state index contributed by atoms with van der Waals surface area (Å²) in [6.07, 6.45) is 0. The second-order valence-electron chi connectivity index (χ2n) is 8.46. The van der Waals surface area contributed by atoms with E-state index in [4.69, 9.17) is 9.47 Å². The van der Waals surface area contributed by atoms with Crippen molar-refractivity contribution in [1.82, 2.24) is 5.32 Å². The smallest absolute Gasteiger partial charge is 0.240 e.